The van der Waals surface area contributed by atoms with Crippen molar-refractivity contribution in [1.29, 1.82) is 0 Å². The zero-order valence-electron chi connectivity index (χ0n) is 13.8. The Morgan fingerprint density at radius 3 is 2.71 bits per heavy atom. The van der Waals surface area contributed by atoms with Gasteiger partial charge in [-0.15, -0.1) is 5.10 Å². The third-order valence-electron chi connectivity index (χ3n) is 4.82. The van der Waals surface area contributed by atoms with E-state index in [-0.39, 0.29) is 0 Å². The zero-order chi connectivity index (χ0) is 15.4. The van der Waals surface area contributed by atoms with Crippen LogP contribution in [0.1, 0.15) is 58.1 Å². The average molecular weight is 357 g/mol. The summed E-state index contributed by atoms with van der Waals surface area (Å²) in [6.07, 6.45) is 5.23. The molecule has 0 amide bonds. The van der Waals surface area contributed by atoms with Gasteiger partial charge in [0.2, 0.25) is 0 Å². The molecule has 1 heterocycles. The van der Waals surface area contributed by atoms with Crippen LogP contribution in [0, 0.1) is 17.8 Å². The van der Waals surface area contributed by atoms with Crippen LogP contribution >= 0.6 is 15.9 Å². The SMILES string of the molecule is CCC1CCC(CNCC(C)C)C(c2c(Br)nnn2C)C1. The van der Waals surface area contributed by atoms with Gasteiger partial charge in [0.05, 0.1) is 5.69 Å². The second kappa shape index (κ2) is 7.73. The van der Waals surface area contributed by atoms with E-state index in [4.69, 9.17) is 0 Å². The summed E-state index contributed by atoms with van der Waals surface area (Å²) in [6, 6.07) is 0. The van der Waals surface area contributed by atoms with Crippen molar-refractivity contribution in [2.45, 2.75) is 52.4 Å². The summed E-state index contributed by atoms with van der Waals surface area (Å²) < 4.78 is 2.89. The van der Waals surface area contributed by atoms with Crippen molar-refractivity contribution in [3.05, 3.63) is 10.3 Å². The van der Waals surface area contributed by atoms with Gasteiger partial charge in [-0.3, -0.25) is 4.68 Å². The highest BCUT2D eigenvalue weighted by atomic mass is 79.9. The van der Waals surface area contributed by atoms with Gasteiger partial charge in [-0.05, 0) is 59.6 Å². The topological polar surface area (TPSA) is 42.7 Å². The van der Waals surface area contributed by atoms with Crippen molar-refractivity contribution in [2.75, 3.05) is 13.1 Å². The van der Waals surface area contributed by atoms with Gasteiger partial charge in [-0.2, -0.15) is 0 Å². The minimum Gasteiger partial charge on any atom is -0.316 e. The molecule has 1 aliphatic rings. The summed E-state index contributed by atoms with van der Waals surface area (Å²) in [5.41, 5.74) is 1.28. The number of rotatable bonds is 6. The van der Waals surface area contributed by atoms with Crippen LogP contribution in [0.2, 0.25) is 0 Å². The van der Waals surface area contributed by atoms with E-state index < -0.39 is 0 Å². The fourth-order valence-electron chi connectivity index (χ4n) is 3.56. The van der Waals surface area contributed by atoms with Crippen LogP contribution in [0.5, 0.6) is 0 Å². The van der Waals surface area contributed by atoms with Crippen molar-refractivity contribution in [3.63, 3.8) is 0 Å². The Morgan fingerprint density at radius 2 is 2.14 bits per heavy atom. The second-order valence-electron chi connectivity index (χ2n) is 6.90. The first kappa shape index (κ1) is 16.9. The first-order chi connectivity index (χ1) is 10.0. The quantitative estimate of drug-likeness (QED) is 0.844. The zero-order valence-corrected chi connectivity index (χ0v) is 15.4. The molecule has 3 atom stereocenters. The van der Waals surface area contributed by atoms with Gasteiger partial charge in [0.1, 0.15) is 0 Å². The molecule has 0 aliphatic heterocycles. The average Bonchev–Trinajstić information content (AvgIpc) is 2.78. The molecule has 1 N–H and O–H groups in total. The molecule has 1 saturated carbocycles. The Morgan fingerprint density at radius 1 is 1.38 bits per heavy atom. The lowest BCUT2D eigenvalue weighted by molar-refractivity contribution is 0.217. The fourth-order valence-corrected chi connectivity index (χ4v) is 4.18. The van der Waals surface area contributed by atoms with Crippen LogP contribution in [-0.2, 0) is 7.05 Å². The Hall–Kier alpha value is -0.420. The largest absolute Gasteiger partial charge is 0.316 e. The van der Waals surface area contributed by atoms with Crippen LogP contribution in [0.3, 0.4) is 0 Å². The van der Waals surface area contributed by atoms with E-state index in [9.17, 15) is 0 Å². The lowest BCUT2D eigenvalue weighted by Crippen LogP contribution is -2.34. The molecule has 5 heteroatoms. The van der Waals surface area contributed by atoms with E-state index in [1.54, 1.807) is 0 Å². The van der Waals surface area contributed by atoms with Gasteiger partial charge in [0.15, 0.2) is 4.60 Å². The summed E-state index contributed by atoms with van der Waals surface area (Å²) >= 11 is 3.60. The molecule has 0 radical (unpaired) electrons. The summed E-state index contributed by atoms with van der Waals surface area (Å²) in [5, 5.41) is 12.0. The smallest absolute Gasteiger partial charge is 0.151 e. The highest BCUT2D eigenvalue weighted by Gasteiger charge is 2.34. The molecule has 21 heavy (non-hydrogen) atoms. The summed E-state index contributed by atoms with van der Waals surface area (Å²) in [4.78, 5) is 0. The van der Waals surface area contributed by atoms with Gasteiger partial charge in [-0.25, -0.2) is 0 Å². The Kier molecular flexibility index (Phi) is 6.23. The van der Waals surface area contributed by atoms with Crippen molar-refractivity contribution in [3.8, 4) is 0 Å². The molecule has 1 aromatic heterocycles. The van der Waals surface area contributed by atoms with Gasteiger partial charge < -0.3 is 5.32 Å². The van der Waals surface area contributed by atoms with E-state index in [0.29, 0.717) is 17.8 Å². The number of nitrogens with one attached hydrogen (secondary N) is 1. The van der Waals surface area contributed by atoms with Gasteiger partial charge in [0.25, 0.3) is 0 Å². The number of hydrogen-bond donors (Lipinski definition) is 1. The summed E-state index contributed by atoms with van der Waals surface area (Å²) in [6.45, 7) is 9.05. The maximum absolute atomic E-state index is 4.19. The van der Waals surface area contributed by atoms with Crippen LogP contribution in [-0.4, -0.2) is 28.1 Å². The van der Waals surface area contributed by atoms with E-state index in [0.717, 1.165) is 23.6 Å². The molecule has 120 valence electrons. The van der Waals surface area contributed by atoms with Gasteiger partial charge in [-0.1, -0.05) is 38.8 Å². The monoisotopic (exact) mass is 356 g/mol. The van der Waals surface area contributed by atoms with Crippen LogP contribution in [0.4, 0.5) is 0 Å². The molecule has 1 aromatic rings. The van der Waals surface area contributed by atoms with Gasteiger partial charge in [0, 0.05) is 13.0 Å². The van der Waals surface area contributed by atoms with Crippen LogP contribution in [0.15, 0.2) is 4.60 Å². The summed E-state index contributed by atoms with van der Waals surface area (Å²) in [5.74, 6) is 2.82. The predicted octanol–water partition coefficient (Wildman–Crippen LogP) is 3.73. The van der Waals surface area contributed by atoms with E-state index in [1.807, 2.05) is 11.7 Å². The highest BCUT2D eigenvalue weighted by molar-refractivity contribution is 9.10. The molecular formula is C16H29BrN4. The first-order valence-electron chi connectivity index (χ1n) is 8.28. The Bertz CT molecular complexity index is 424. The lowest BCUT2D eigenvalue weighted by Gasteiger charge is -2.36. The number of aromatic nitrogens is 3. The normalized spacial score (nSPS) is 26.5. The molecule has 3 unspecified atom stereocenters. The Balaban J connectivity index is 2.10. The Labute approximate surface area is 137 Å². The third-order valence-corrected chi connectivity index (χ3v) is 5.38. The molecule has 0 spiro atoms. The van der Waals surface area contributed by atoms with E-state index >= 15 is 0 Å². The number of nitrogens with zero attached hydrogens (tertiary/aromatic N) is 3. The molecule has 2 rings (SSSR count). The van der Waals surface area contributed by atoms with Crippen molar-refractivity contribution < 1.29 is 0 Å². The third kappa shape index (κ3) is 4.28. The van der Waals surface area contributed by atoms with Crippen molar-refractivity contribution >= 4 is 15.9 Å². The standard InChI is InChI=1S/C16H29BrN4/c1-5-12-6-7-13(10-18-9-11(2)3)14(8-12)15-16(17)19-20-21(15)4/h11-14,18H,5-10H2,1-4H3. The van der Waals surface area contributed by atoms with Crippen LogP contribution in [0.25, 0.3) is 0 Å². The predicted molar refractivity (Wildman–Crippen MR) is 90.3 cm³/mol. The molecule has 0 bridgehead atoms. The highest BCUT2D eigenvalue weighted by Crippen LogP contribution is 2.42. The number of halogens is 1. The maximum Gasteiger partial charge on any atom is 0.151 e. The molecule has 1 fully saturated rings. The lowest BCUT2D eigenvalue weighted by atomic mass is 9.72. The molecule has 4 nitrogen and oxygen atoms in total. The minimum absolute atomic E-state index is 0.567. The van der Waals surface area contributed by atoms with E-state index in [1.165, 1.54) is 31.4 Å². The number of aryl methyl sites for hydroxylation is 1. The molecule has 0 saturated heterocycles. The molecule has 0 aromatic carbocycles. The number of hydrogen-bond acceptors (Lipinski definition) is 3. The molecule has 1 aliphatic carbocycles. The first-order valence-corrected chi connectivity index (χ1v) is 9.08. The van der Waals surface area contributed by atoms with Crippen molar-refractivity contribution in [2.24, 2.45) is 24.8 Å². The summed E-state index contributed by atoms with van der Waals surface area (Å²) in [7, 11) is 2.02. The maximum atomic E-state index is 4.19. The van der Waals surface area contributed by atoms with Crippen molar-refractivity contribution in [1.82, 2.24) is 20.3 Å². The van der Waals surface area contributed by atoms with E-state index in [2.05, 4.69) is 52.3 Å². The van der Waals surface area contributed by atoms with Gasteiger partial charge >= 0.3 is 0 Å². The molecular weight excluding hydrogens is 328 g/mol. The fraction of sp³-hybridized carbons (Fsp3) is 0.875. The second-order valence-corrected chi connectivity index (χ2v) is 7.65. The minimum atomic E-state index is 0.567. The van der Waals surface area contributed by atoms with Crippen LogP contribution < -0.4 is 5.32 Å².